The molecule has 0 saturated heterocycles. The second-order valence-electron chi connectivity index (χ2n) is 2.99. The molecular formula is C11H10BrNO2. The van der Waals surface area contributed by atoms with Gasteiger partial charge in [0.2, 0.25) is 5.88 Å². The van der Waals surface area contributed by atoms with E-state index >= 15 is 0 Å². The van der Waals surface area contributed by atoms with Crippen LogP contribution in [0.1, 0.15) is 0 Å². The van der Waals surface area contributed by atoms with Crippen molar-refractivity contribution in [1.82, 2.24) is 4.98 Å². The molecule has 15 heavy (non-hydrogen) atoms. The summed E-state index contributed by atoms with van der Waals surface area (Å²) in [4.78, 5) is 4.26. The molecule has 1 aromatic carbocycles. The molecule has 2 aromatic rings. The number of fused-ring (bicyclic) bond motifs is 1. The maximum atomic E-state index is 5.29. The van der Waals surface area contributed by atoms with Crippen LogP contribution in [0.2, 0.25) is 0 Å². The van der Waals surface area contributed by atoms with E-state index in [-0.39, 0.29) is 0 Å². The molecule has 0 aliphatic carbocycles. The maximum absolute atomic E-state index is 5.29. The molecule has 4 heteroatoms. The lowest BCUT2D eigenvalue weighted by molar-refractivity contribution is 0.392. The maximum Gasteiger partial charge on any atom is 0.222 e. The van der Waals surface area contributed by atoms with Gasteiger partial charge in [0.05, 0.1) is 14.2 Å². The molecule has 0 amide bonds. The third kappa shape index (κ3) is 1.65. The fourth-order valence-corrected chi connectivity index (χ4v) is 2.07. The van der Waals surface area contributed by atoms with Crippen molar-refractivity contribution in [3.8, 4) is 11.6 Å². The van der Waals surface area contributed by atoms with Crippen LogP contribution in [0.15, 0.2) is 28.9 Å². The predicted octanol–water partition coefficient (Wildman–Crippen LogP) is 3.01. The van der Waals surface area contributed by atoms with Crippen LogP contribution in [0.25, 0.3) is 10.8 Å². The van der Waals surface area contributed by atoms with Crippen LogP contribution in [0.4, 0.5) is 0 Å². The summed E-state index contributed by atoms with van der Waals surface area (Å²) < 4.78 is 11.2. The smallest absolute Gasteiger partial charge is 0.222 e. The van der Waals surface area contributed by atoms with Crippen LogP contribution >= 0.6 is 15.9 Å². The predicted molar refractivity (Wildman–Crippen MR) is 62.5 cm³/mol. The quantitative estimate of drug-likeness (QED) is 0.784. The van der Waals surface area contributed by atoms with Gasteiger partial charge in [0, 0.05) is 10.8 Å². The Balaban J connectivity index is 2.86. The molecule has 0 bridgehead atoms. The van der Waals surface area contributed by atoms with Crippen LogP contribution in [-0.2, 0) is 0 Å². The highest BCUT2D eigenvalue weighted by Crippen LogP contribution is 2.36. The lowest BCUT2D eigenvalue weighted by Gasteiger charge is -2.10. The lowest BCUT2D eigenvalue weighted by atomic mass is 10.1. The van der Waals surface area contributed by atoms with E-state index in [1.54, 1.807) is 14.2 Å². The van der Waals surface area contributed by atoms with Crippen LogP contribution in [0.3, 0.4) is 0 Å². The van der Waals surface area contributed by atoms with Crippen molar-refractivity contribution in [2.75, 3.05) is 14.2 Å². The summed E-state index contributed by atoms with van der Waals surface area (Å²) in [5, 5.41) is 1.93. The van der Waals surface area contributed by atoms with Crippen LogP contribution in [0, 0.1) is 0 Å². The summed E-state index contributed by atoms with van der Waals surface area (Å²) in [6.45, 7) is 0. The standard InChI is InChI=1S/C11H10BrNO2/c1-14-9-7-5-3-4-6-8(7)11(15-2)13-10(9)12/h3-6H,1-2H3. The minimum absolute atomic E-state index is 0.596. The molecule has 0 saturated carbocycles. The number of methoxy groups -OCH3 is 2. The number of benzene rings is 1. The first-order valence-electron chi connectivity index (χ1n) is 4.44. The second kappa shape index (κ2) is 4.06. The summed E-state index contributed by atoms with van der Waals surface area (Å²) in [6, 6.07) is 7.83. The van der Waals surface area contributed by atoms with Crippen molar-refractivity contribution >= 4 is 26.7 Å². The molecule has 1 heterocycles. The molecule has 3 nitrogen and oxygen atoms in total. The highest BCUT2D eigenvalue weighted by Gasteiger charge is 2.12. The Hall–Kier alpha value is -1.29. The highest BCUT2D eigenvalue weighted by atomic mass is 79.9. The van der Waals surface area contributed by atoms with Gasteiger partial charge in [-0.3, -0.25) is 0 Å². The van der Waals surface area contributed by atoms with Crippen LogP contribution < -0.4 is 9.47 Å². The van der Waals surface area contributed by atoms with E-state index < -0.39 is 0 Å². The zero-order chi connectivity index (χ0) is 10.8. The topological polar surface area (TPSA) is 31.4 Å². The summed E-state index contributed by atoms with van der Waals surface area (Å²) in [5.74, 6) is 1.32. The van der Waals surface area contributed by atoms with Gasteiger partial charge in [0.25, 0.3) is 0 Å². The molecule has 1 aromatic heterocycles. The summed E-state index contributed by atoms with van der Waals surface area (Å²) in [5.41, 5.74) is 0. The number of rotatable bonds is 2. The molecule has 0 spiro atoms. The SMILES string of the molecule is COc1nc(Br)c(OC)c2ccccc12. The first-order chi connectivity index (χ1) is 7.27. The number of halogens is 1. The molecule has 0 N–H and O–H groups in total. The van der Waals surface area contributed by atoms with Gasteiger partial charge in [-0.25, -0.2) is 4.98 Å². The summed E-state index contributed by atoms with van der Waals surface area (Å²) in [7, 11) is 3.23. The summed E-state index contributed by atoms with van der Waals surface area (Å²) in [6.07, 6.45) is 0. The Morgan fingerprint density at radius 3 is 2.33 bits per heavy atom. The third-order valence-electron chi connectivity index (χ3n) is 2.19. The van der Waals surface area contributed by atoms with Gasteiger partial charge in [-0.2, -0.15) is 0 Å². The van der Waals surface area contributed by atoms with Gasteiger partial charge >= 0.3 is 0 Å². The van der Waals surface area contributed by atoms with Gasteiger partial charge in [0.1, 0.15) is 0 Å². The van der Waals surface area contributed by atoms with Gasteiger partial charge in [0.15, 0.2) is 10.4 Å². The van der Waals surface area contributed by atoms with E-state index in [2.05, 4.69) is 20.9 Å². The number of pyridine rings is 1. The van der Waals surface area contributed by atoms with Crippen molar-refractivity contribution in [1.29, 1.82) is 0 Å². The Bertz CT molecular complexity index is 499. The number of nitrogens with zero attached hydrogens (tertiary/aromatic N) is 1. The third-order valence-corrected chi connectivity index (χ3v) is 2.72. The average Bonchev–Trinajstić information content (AvgIpc) is 2.28. The van der Waals surface area contributed by atoms with Crippen molar-refractivity contribution < 1.29 is 9.47 Å². The van der Waals surface area contributed by atoms with Crippen LogP contribution in [0.5, 0.6) is 11.6 Å². The first-order valence-corrected chi connectivity index (χ1v) is 5.23. The molecule has 0 atom stereocenters. The molecule has 0 aliphatic rings. The monoisotopic (exact) mass is 267 g/mol. The summed E-state index contributed by atoms with van der Waals surface area (Å²) >= 11 is 3.35. The highest BCUT2D eigenvalue weighted by molar-refractivity contribution is 9.10. The average molecular weight is 268 g/mol. The molecule has 0 unspecified atom stereocenters. The van der Waals surface area contributed by atoms with E-state index in [4.69, 9.17) is 9.47 Å². The van der Waals surface area contributed by atoms with E-state index in [0.29, 0.717) is 10.5 Å². The Kier molecular flexibility index (Phi) is 2.77. The normalized spacial score (nSPS) is 10.3. The number of aromatic nitrogens is 1. The minimum Gasteiger partial charge on any atom is -0.493 e. The van der Waals surface area contributed by atoms with Gasteiger partial charge in [-0.1, -0.05) is 18.2 Å². The zero-order valence-corrected chi connectivity index (χ0v) is 10.0. The van der Waals surface area contributed by atoms with E-state index in [1.807, 2.05) is 24.3 Å². The molecule has 0 fully saturated rings. The lowest BCUT2D eigenvalue weighted by Crippen LogP contribution is -1.94. The second-order valence-corrected chi connectivity index (χ2v) is 3.74. The molecule has 2 rings (SSSR count). The van der Waals surface area contributed by atoms with E-state index in [1.165, 1.54) is 0 Å². The largest absolute Gasteiger partial charge is 0.493 e. The fraction of sp³-hybridized carbons (Fsp3) is 0.182. The zero-order valence-electron chi connectivity index (χ0n) is 8.45. The number of hydrogen-bond acceptors (Lipinski definition) is 3. The van der Waals surface area contributed by atoms with Crippen molar-refractivity contribution in [3.63, 3.8) is 0 Å². The number of ether oxygens (including phenoxy) is 2. The molecule has 0 aliphatic heterocycles. The Morgan fingerprint density at radius 2 is 1.73 bits per heavy atom. The Labute approximate surface area is 96.2 Å². The minimum atomic E-state index is 0.596. The van der Waals surface area contributed by atoms with E-state index in [9.17, 15) is 0 Å². The van der Waals surface area contributed by atoms with Gasteiger partial charge in [-0.15, -0.1) is 0 Å². The molecule has 78 valence electrons. The van der Waals surface area contributed by atoms with E-state index in [0.717, 1.165) is 16.5 Å². The molecule has 0 radical (unpaired) electrons. The van der Waals surface area contributed by atoms with Crippen molar-refractivity contribution in [2.45, 2.75) is 0 Å². The van der Waals surface area contributed by atoms with Crippen LogP contribution in [-0.4, -0.2) is 19.2 Å². The molecular weight excluding hydrogens is 258 g/mol. The fourth-order valence-electron chi connectivity index (χ4n) is 1.53. The number of hydrogen-bond donors (Lipinski definition) is 0. The first kappa shape index (κ1) is 10.2. The van der Waals surface area contributed by atoms with Crippen molar-refractivity contribution in [2.24, 2.45) is 0 Å². The Morgan fingerprint density at radius 1 is 1.07 bits per heavy atom. The van der Waals surface area contributed by atoms with Gasteiger partial charge in [-0.05, 0) is 22.0 Å². The van der Waals surface area contributed by atoms with Crippen molar-refractivity contribution in [3.05, 3.63) is 28.9 Å². The van der Waals surface area contributed by atoms with Gasteiger partial charge < -0.3 is 9.47 Å².